The van der Waals surface area contributed by atoms with Crippen molar-refractivity contribution in [2.75, 3.05) is 0 Å². The normalized spacial score (nSPS) is 17.2. The van der Waals surface area contributed by atoms with Crippen LogP contribution in [0.4, 0.5) is 0 Å². The van der Waals surface area contributed by atoms with Crippen molar-refractivity contribution in [3.63, 3.8) is 0 Å². The van der Waals surface area contributed by atoms with Gasteiger partial charge in [-0.3, -0.25) is 63.4 Å². The van der Waals surface area contributed by atoms with Crippen LogP contribution >= 0.6 is 33.9 Å². The summed E-state index contributed by atoms with van der Waals surface area (Å²) >= 11 is 3.70. The molecule has 8 amide bonds. The van der Waals surface area contributed by atoms with E-state index in [1.54, 1.807) is 65.1 Å². The number of rotatable bonds is 10. The molecule has 2 N–H and O–H groups in total. The van der Waals surface area contributed by atoms with Gasteiger partial charge < -0.3 is 14.2 Å². The number of benzene rings is 3. The molecule has 24 heteroatoms. The minimum absolute atomic E-state index is 0. The second-order valence-corrected chi connectivity index (χ2v) is 20.1. The van der Waals surface area contributed by atoms with Gasteiger partial charge in [0, 0.05) is 30.8 Å². The third-order valence-corrected chi connectivity index (χ3v) is 14.7. The Hall–Kier alpha value is -8.67. The number of thiophene rings is 1. The molecule has 9 heterocycles. The predicted molar refractivity (Wildman–Crippen MR) is 286 cm³/mol. The molecule has 0 aliphatic carbocycles. The van der Waals surface area contributed by atoms with Gasteiger partial charge in [0.25, 0.3) is 23.6 Å². The van der Waals surface area contributed by atoms with Crippen LogP contribution < -0.4 is 20.1 Å². The van der Waals surface area contributed by atoms with E-state index in [-0.39, 0.29) is 87.8 Å². The van der Waals surface area contributed by atoms with E-state index in [0.717, 1.165) is 51.6 Å². The summed E-state index contributed by atoms with van der Waals surface area (Å²) in [7, 11) is 0. The van der Waals surface area contributed by atoms with E-state index in [1.807, 2.05) is 29.7 Å². The summed E-state index contributed by atoms with van der Waals surface area (Å²) < 4.78 is 23.7. The highest BCUT2D eigenvalue weighted by atomic mass is 127. The lowest BCUT2D eigenvalue weighted by Crippen LogP contribution is -2.54. The van der Waals surface area contributed by atoms with Gasteiger partial charge >= 0.3 is 0 Å². The fraction of sp³-hybridized carbons (Fsp3) is 0.259. The van der Waals surface area contributed by atoms with Crippen molar-refractivity contribution in [3.8, 4) is 28.3 Å². The number of hydrogen-bond acceptors (Lipinski definition) is 16. The number of carbonyl (C=O) groups excluding carboxylic acids is 8. The van der Waals surface area contributed by atoms with Crippen LogP contribution in [0.15, 0.2) is 91.5 Å². The highest BCUT2D eigenvalue weighted by Gasteiger charge is 2.47. The SMILES string of the molecule is C.C.Cc1nnc2n1-c1sc(C#Cc3cnn(COc4cccc5c4C(=O)N(C4CCC(=O)NC4=O)C5=O)c3)c(Cc3ccccc3)c1COC2.O=C1CCC(N2C(=O)c3cccc(OCn4cc(I)cn4)c3C2=O)C(=O)N1. The zero-order valence-corrected chi connectivity index (χ0v) is 43.0. The molecule has 4 aromatic heterocycles. The van der Waals surface area contributed by atoms with Crippen LogP contribution in [0.25, 0.3) is 5.00 Å². The minimum Gasteiger partial charge on any atom is -0.470 e. The molecule has 0 radical (unpaired) electrons. The Labute approximate surface area is 463 Å². The molecule has 78 heavy (non-hydrogen) atoms. The molecule has 12 rings (SSSR count). The average molecular weight is 1190 g/mol. The van der Waals surface area contributed by atoms with E-state index >= 15 is 0 Å². The number of carbonyl (C=O) groups is 8. The lowest BCUT2D eigenvalue weighted by Gasteiger charge is -2.27. The number of piperidine rings is 2. The van der Waals surface area contributed by atoms with Gasteiger partial charge in [0.1, 0.15) is 41.0 Å². The second kappa shape index (κ2) is 22.5. The number of aromatic nitrogens is 7. The topological polar surface area (TPSA) is 261 Å². The van der Waals surface area contributed by atoms with Gasteiger partial charge in [-0.2, -0.15) is 10.2 Å². The second-order valence-electron chi connectivity index (χ2n) is 17.9. The summed E-state index contributed by atoms with van der Waals surface area (Å²) in [6, 6.07) is 17.6. The highest BCUT2D eigenvalue weighted by molar-refractivity contribution is 14.1. The first-order valence-corrected chi connectivity index (χ1v) is 25.6. The van der Waals surface area contributed by atoms with E-state index in [1.165, 1.54) is 16.8 Å². The number of imide groups is 4. The molecule has 7 aromatic rings. The van der Waals surface area contributed by atoms with Crippen molar-refractivity contribution in [1.82, 2.24) is 54.8 Å². The fourth-order valence-corrected chi connectivity index (χ4v) is 11.1. The third kappa shape index (κ3) is 10.3. The van der Waals surface area contributed by atoms with Crippen LogP contribution in [0.1, 0.15) is 121 Å². The van der Waals surface area contributed by atoms with E-state index in [4.69, 9.17) is 14.2 Å². The summed E-state index contributed by atoms with van der Waals surface area (Å²) in [5.41, 5.74) is 4.49. The van der Waals surface area contributed by atoms with Crippen LogP contribution in [-0.4, -0.2) is 103 Å². The molecular formula is C54H48IN11O11S. The number of nitrogens with one attached hydrogen (secondary N) is 2. The molecule has 0 bridgehead atoms. The smallest absolute Gasteiger partial charge is 0.266 e. The largest absolute Gasteiger partial charge is 0.470 e. The first-order chi connectivity index (χ1) is 36.8. The van der Waals surface area contributed by atoms with Crippen molar-refractivity contribution in [2.24, 2.45) is 0 Å². The monoisotopic (exact) mass is 1190 g/mol. The van der Waals surface area contributed by atoms with Gasteiger partial charge in [0.05, 0.1) is 55.3 Å². The molecule has 398 valence electrons. The van der Waals surface area contributed by atoms with Crippen molar-refractivity contribution in [3.05, 3.63) is 156 Å². The highest BCUT2D eigenvalue weighted by Crippen LogP contribution is 2.38. The number of aryl methyl sites for hydroxylation is 1. The molecule has 0 saturated carbocycles. The number of ether oxygens (including phenoxy) is 3. The van der Waals surface area contributed by atoms with E-state index in [0.29, 0.717) is 25.2 Å². The summed E-state index contributed by atoms with van der Waals surface area (Å²) in [6.45, 7) is 2.76. The standard InChI is InChI=1S/C35H27N7O6S.C17H13IN4O5.2CH4/c1-20-38-39-29-18-47-17-25-24(14-21-6-3-2-4-7-21)28(49-35(25)41(20)29)12-10-22-15-36-40(16-22)19-48-27-9-5-8-23-31(27)34(46)42(33(23)45)26-11-13-30(43)37-32(26)44;18-9-6-19-21(7-9)8-27-12-3-1-2-10-14(12)17(26)22(16(10)25)11-4-5-13(23)20-15(11)24;;/h2-9,15-16,26H,11,13-14,17-19H2,1H3,(H,37,43,44);1-3,6-7,11H,4-5,8H2,(H,20,23,24);2*1H4. The van der Waals surface area contributed by atoms with Crippen molar-refractivity contribution < 1.29 is 52.6 Å². The van der Waals surface area contributed by atoms with E-state index in [2.05, 4.69) is 77.6 Å². The Morgan fingerprint density at radius 3 is 1.83 bits per heavy atom. The number of halogens is 1. The van der Waals surface area contributed by atoms with Crippen LogP contribution in [0.3, 0.4) is 0 Å². The third-order valence-electron chi connectivity index (χ3n) is 13.0. The Balaban J connectivity index is 0.000000217. The maximum Gasteiger partial charge on any atom is 0.266 e. The Morgan fingerprint density at radius 1 is 0.692 bits per heavy atom. The summed E-state index contributed by atoms with van der Waals surface area (Å²) in [5.74, 6) is 4.00. The predicted octanol–water partition coefficient (Wildman–Crippen LogP) is 5.49. The number of amides is 8. The zero-order valence-electron chi connectivity index (χ0n) is 40.0. The first-order valence-electron chi connectivity index (χ1n) is 23.7. The Morgan fingerprint density at radius 2 is 1.27 bits per heavy atom. The van der Waals surface area contributed by atoms with Gasteiger partial charge in [-0.25, -0.2) is 9.36 Å². The molecule has 2 unspecified atom stereocenters. The molecule has 2 fully saturated rings. The molecule has 5 aliphatic rings. The summed E-state index contributed by atoms with van der Waals surface area (Å²) in [5, 5.41) is 22.4. The van der Waals surface area contributed by atoms with E-state index in [9.17, 15) is 38.4 Å². The maximum absolute atomic E-state index is 13.4. The number of nitrogens with zero attached hydrogens (tertiary/aromatic N) is 9. The van der Waals surface area contributed by atoms with Crippen LogP contribution in [0, 0.1) is 22.3 Å². The lowest BCUT2D eigenvalue weighted by molar-refractivity contribution is -0.137. The molecule has 2 saturated heterocycles. The molecule has 22 nitrogen and oxygen atoms in total. The van der Waals surface area contributed by atoms with Crippen LogP contribution in [-0.2, 0) is 57.0 Å². The average Bonchev–Trinajstić information content (AvgIpc) is 4.28. The zero-order chi connectivity index (χ0) is 52.8. The number of hydrogen-bond donors (Lipinski definition) is 2. The molecular weight excluding hydrogens is 1140 g/mol. The van der Waals surface area contributed by atoms with Gasteiger partial charge in [-0.1, -0.05) is 69.2 Å². The van der Waals surface area contributed by atoms with Gasteiger partial charge in [-0.15, -0.1) is 21.5 Å². The first kappa shape index (κ1) is 54.1. The Kier molecular flexibility index (Phi) is 15.6. The maximum atomic E-state index is 13.4. The van der Waals surface area contributed by atoms with Gasteiger partial charge in [0.15, 0.2) is 19.3 Å². The van der Waals surface area contributed by atoms with Crippen LogP contribution in [0.5, 0.6) is 11.5 Å². The molecule has 2 atom stereocenters. The van der Waals surface area contributed by atoms with Gasteiger partial charge in [0.2, 0.25) is 23.6 Å². The molecule has 0 spiro atoms. The Bertz CT molecular complexity index is 3670. The summed E-state index contributed by atoms with van der Waals surface area (Å²) in [4.78, 5) is 102. The molecule has 3 aromatic carbocycles. The van der Waals surface area contributed by atoms with Crippen LogP contribution in [0.2, 0.25) is 0 Å². The minimum atomic E-state index is -1.06. The summed E-state index contributed by atoms with van der Waals surface area (Å²) in [6.07, 6.45) is 7.78. The number of fused-ring (bicyclic) bond motifs is 5. The van der Waals surface area contributed by atoms with E-state index < -0.39 is 59.3 Å². The van der Waals surface area contributed by atoms with Crippen molar-refractivity contribution in [1.29, 1.82) is 0 Å². The van der Waals surface area contributed by atoms with Crippen molar-refractivity contribution in [2.45, 2.75) is 92.6 Å². The fourth-order valence-electron chi connectivity index (χ4n) is 9.43. The van der Waals surface area contributed by atoms with Gasteiger partial charge in [-0.05, 0) is 84.2 Å². The van der Waals surface area contributed by atoms with Crippen molar-refractivity contribution >= 4 is 81.2 Å². The lowest BCUT2D eigenvalue weighted by atomic mass is 10.0. The molecule has 5 aliphatic heterocycles. The quantitative estimate of drug-likeness (QED) is 0.0975.